The number of rotatable bonds is 8. The first-order chi connectivity index (χ1) is 19.2. The van der Waals surface area contributed by atoms with Crippen molar-refractivity contribution in [3.63, 3.8) is 0 Å². The Balaban J connectivity index is 1.26. The molecule has 0 bridgehead atoms. The van der Waals surface area contributed by atoms with Crippen LogP contribution < -0.4 is 20.7 Å². The maximum absolute atomic E-state index is 14.3. The number of nitrogens with one attached hydrogen (secondary N) is 3. The number of alkyl halides is 3. The van der Waals surface area contributed by atoms with E-state index in [1.165, 1.54) is 6.20 Å². The summed E-state index contributed by atoms with van der Waals surface area (Å²) < 4.78 is 61.1. The van der Waals surface area contributed by atoms with Crippen LogP contribution in [0.1, 0.15) is 31.2 Å². The Morgan fingerprint density at radius 1 is 1.10 bits per heavy atom. The number of carbonyl (C=O) groups is 1. The number of carbonyl (C=O) groups excluding carboxylic acids is 1. The first kappa shape index (κ1) is 27.4. The second-order valence-electron chi connectivity index (χ2n) is 9.72. The summed E-state index contributed by atoms with van der Waals surface area (Å²) in [6.45, 7) is 1.98. The lowest BCUT2D eigenvalue weighted by atomic mass is 9.93. The molecule has 0 spiro atoms. The Kier molecular flexibility index (Phi) is 7.88. The van der Waals surface area contributed by atoms with Crippen LogP contribution >= 0.6 is 0 Å². The third kappa shape index (κ3) is 6.50. The molecule has 3 heterocycles. The number of hydrogen-bond donors (Lipinski definition) is 3. The van der Waals surface area contributed by atoms with Crippen molar-refractivity contribution in [3.05, 3.63) is 66.1 Å². The van der Waals surface area contributed by atoms with E-state index in [4.69, 9.17) is 4.74 Å². The minimum atomic E-state index is -4.61. The van der Waals surface area contributed by atoms with E-state index in [9.17, 15) is 22.4 Å². The Morgan fingerprint density at radius 2 is 1.88 bits per heavy atom. The molecule has 210 valence electrons. The fourth-order valence-corrected chi connectivity index (χ4v) is 4.66. The van der Waals surface area contributed by atoms with Gasteiger partial charge in [0.1, 0.15) is 23.1 Å². The maximum atomic E-state index is 14.3. The largest absolute Gasteiger partial charge is 0.457 e. The normalized spacial score (nSPS) is 14.3. The lowest BCUT2D eigenvalue weighted by Gasteiger charge is -2.22. The van der Waals surface area contributed by atoms with Crippen molar-refractivity contribution in [2.24, 2.45) is 13.0 Å². The van der Waals surface area contributed by atoms with E-state index < -0.39 is 17.6 Å². The van der Waals surface area contributed by atoms with Gasteiger partial charge in [0.2, 0.25) is 11.9 Å². The Labute approximate surface area is 227 Å². The number of imidazole rings is 1. The SMILES string of the molecule is Cn1c(Nc2cc(C(F)(F)F)ccc2F)nc2cc(Oc3ccnc(NC(=O)CCC4CCNCC4)c3)ccc21. The van der Waals surface area contributed by atoms with Crippen LogP contribution in [-0.4, -0.2) is 33.5 Å². The van der Waals surface area contributed by atoms with E-state index in [0.717, 1.165) is 38.4 Å². The van der Waals surface area contributed by atoms with Gasteiger partial charge in [-0.1, -0.05) is 0 Å². The van der Waals surface area contributed by atoms with E-state index >= 15 is 0 Å². The molecule has 8 nitrogen and oxygen atoms in total. The van der Waals surface area contributed by atoms with Crippen molar-refractivity contribution in [2.75, 3.05) is 23.7 Å². The van der Waals surface area contributed by atoms with E-state index in [1.54, 1.807) is 41.9 Å². The van der Waals surface area contributed by atoms with E-state index in [1.807, 2.05) is 0 Å². The second-order valence-corrected chi connectivity index (χ2v) is 9.72. The van der Waals surface area contributed by atoms with Crippen LogP contribution in [0.15, 0.2) is 54.7 Å². The van der Waals surface area contributed by atoms with Gasteiger partial charge in [0.25, 0.3) is 0 Å². The van der Waals surface area contributed by atoms with Crippen molar-refractivity contribution >= 4 is 34.4 Å². The molecule has 0 saturated carbocycles. The molecule has 12 heteroatoms. The Hall–Kier alpha value is -4.19. The molecule has 40 heavy (non-hydrogen) atoms. The van der Waals surface area contributed by atoms with E-state index in [0.29, 0.717) is 52.8 Å². The minimum absolute atomic E-state index is 0.102. The summed E-state index contributed by atoms with van der Waals surface area (Å²) in [6, 6.07) is 10.5. The maximum Gasteiger partial charge on any atom is 0.416 e. The van der Waals surface area contributed by atoms with E-state index in [-0.39, 0.29) is 17.5 Å². The predicted octanol–water partition coefficient (Wildman–Crippen LogP) is 6.38. The summed E-state index contributed by atoms with van der Waals surface area (Å²) in [4.78, 5) is 21.0. The molecule has 4 aromatic rings. The van der Waals surface area contributed by atoms with E-state index in [2.05, 4.69) is 25.9 Å². The van der Waals surface area contributed by atoms with Gasteiger partial charge in [0.15, 0.2) is 0 Å². The highest BCUT2D eigenvalue weighted by molar-refractivity contribution is 5.89. The number of piperidine rings is 1. The standard InChI is InChI=1S/C28H28F4N6O2/c1-38-24-6-4-19(15-23(24)36-27(38)35-22-14-18(28(30,31)32)3-5-21(22)29)40-20-10-13-34-25(16-20)37-26(39)7-2-17-8-11-33-12-9-17/h3-6,10,13-17,33H,2,7-9,11-12H2,1H3,(H,35,36)(H,34,37,39). The van der Waals surface area contributed by atoms with Crippen LogP contribution in [0, 0.1) is 11.7 Å². The summed E-state index contributed by atoms with van der Waals surface area (Å²) in [5, 5.41) is 8.79. The van der Waals surface area contributed by atoms with Crippen molar-refractivity contribution in [2.45, 2.75) is 31.9 Å². The molecule has 0 radical (unpaired) electrons. The highest BCUT2D eigenvalue weighted by Gasteiger charge is 2.31. The predicted molar refractivity (Wildman–Crippen MR) is 143 cm³/mol. The average molecular weight is 557 g/mol. The molecule has 2 aromatic heterocycles. The number of anilines is 3. The Bertz CT molecular complexity index is 1510. The van der Waals surface area contributed by atoms with Gasteiger partial charge in [-0.3, -0.25) is 4.79 Å². The molecule has 3 N–H and O–H groups in total. The topological polar surface area (TPSA) is 93.1 Å². The van der Waals surface area contributed by atoms with Gasteiger partial charge in [-0.15, -0.1) is 0 Å². The number of aryl methyl sites for hydroxylation is 1. The Morgan fingerprint density at radius 3 is 2.65 bits per heavy atom. The van der Waals surface area contributed by atoms with Crippen LogP contribution in [0.5, 0.6) is 11.5 Å². The number of pyridine rings is 1. The molecule has 0 atom stereocenters. The molecule has 0 unspecified atom stereocenters. The third-order valence-electron chi connectivity index (χ3n) is 6.87. The van der Waals surface area contributed by atoms with Crippen molar-refractivity contribution in [3.8, 4) is 11.5 Å². The van der Waals surface area contributed by atoms with Gasteiger partial charge in [-0.2, -0.15) is 13.2 Å². The first-order valence-electron chi connectivity index (χ1n) is 12.9. The molecule has 1 aliphatic rings. The number of hydrogen-bond acceptors (Lipinski definition) is 6. The molecule has 2 aromatic carbocycles. The fourth-order valence-electron chi connectivity index (χ4n) is 4.66. The zero-order chi connectivity index (χ0) is 28.3. The van der Waals surface area contributed by atoms with Gasteiger partial charge in [-0.25, -0.2) is 14.4 Å². The summed E-state index contributed by atoms with van der Waals surface area (Å²) in [5.74, 6) is 1.03. The number of aromatic nitrogens is 3. The third-order valence-corrected chi connectivity index (χ3v) is 6.87. The molecule has 1 aliphatic heterocycles. The lowest BCUT2D eigenvalue weighted by Crippen LogP contribution is -2.28. The van der Waals surface area contributed by atoms with Gasteiger partial charge in [-0.05, 0) is 74.7 Å². The molecule has 1 fully saturated rings. The van der Waals surface area contributed by atoms with Gasteiger partial charge in [0.05, 0.1) is 22.3 Å². The van der Waals surface area contributed by atoms with Crippen LogP contribution in [0.3, 0.4) is 0 Å². The van der Waals surface area contributed by atoms with Gasteiger partial charge < -0.3 is 25.3 Å². The highest BCUT2D eigenvalue weighted by Crippen LogP contribution is 2.34. The molecule has 5 rings (SSSR count). The number of fused-ring (bicyclic) bond motifs is 1. The number of halogens is 4. The summed E-state index contributed by atoms with van der Waals surface area (Å²) >= 11 is 0. The van der Waals surface area contributed by atoms with Crippen LogP contribution in [0.2, 0.25) is 0 Å². The minimum Gasteiger partial charge on any atom is -0.457 e. The average Bonchev–Trinajstić information content (AvgIpc) is 3.23. The molecular formula is C28H28F4N6O2. The number of amides is 1. The van der Waals surface area contributed by atoms with Crippen molar-refractivity contribution in [1.82, 2.24) is 19.9 Å². The zero-order valence-electron chi connectivity index (χ0n) is 21.7. The molecular weight excluding hydrogens is 528 g/mol. The van der Waals surface area contributed by atoms with Crippen LogP contribution in [0.25, 0.3) is 11.0 Å². The number of ether oxygens (including phenoxy) is 1. The zero-order valence-corrected chi connectivity index (χ0v) is 21.7. The summed E-state index contributed by atoms with van der Waals surface area (Å²) in [7, 11) is 1.66. The summed E-state index contributed by atoms with van der Waals surface area (Å²) in [6.07, 6.45) is 0.345. The second kappa shape index (κ2) is 11.5. The molecule has 0 aliphatic carbocycles. The lowest BCUT2D eigenvalue weighted by molar-refractivity contribution is -0.137. The van der Waals surface area contributed by atoms with Gasteiger partial charge >= 0.3 is 6.18 Å². The van der Waals surface area contributed by atoms with Gasteiger partial charge in [0, 0.05) is 31.8 Å². The fraction of sp³-hybridized carbons (Fsp3) is 0.321. The van der Waals surface area contributed by atoms with Crippen LogP contribution in [-0.2, 0) is 18.0 Å². The quantitative estimate of drug-likeness (QED) is 0.218. The van der Waals surface area contributed by atoms with Crippen molar-refractivity contribution < 1.29 is 27.1 Å². The number of benzene rings is 2. The van der Waals surface area contributed by atoms with Crippen molar-refractivity contribution in [1.29, 1.82) is 0 Å². The smallest absolute Gasteiger partial charge is 0.416 e. The highest BCUT2D eigenvalue weighted by atomic mass is 19.4. The number of nitrogens with zero attached hydrogens (tertiary/aromatic N) is 3. The summed E-state index contributed by atoms with van der Waals surface area (Å²) in [5.41, 5.74) is -0.179. The monoisotopic (exact) mass is 556 g/mol. The molecule has 1 saturated heterocycles. The first-order valence-corrected chi connectivity index (χ1v) is 12.9. The van der Waals surface area contributed by atoms with Crippen LogP contribution in [0.4, 0.5) is 35.0 Å². The molecule has 1 amide bonds.